The predicted octanol–water partition coefficient (Wildman–Crippen LogP) is 7.70. The Labute approximate surface area is 206 Å². The molecule has 188 valence electrons. The number of ether oxygens (including phenoxy) is 2. The van der Waals surface area contributed by atoms with Crippen LogP contribution < -0.4 is 4.74 Å². The summed E-state index contributed by atoms with van der Waals surface area (Å²) >= 11 is 0. The molecule has 0 aromatic heterocycles. The van der Waals surface area contributed by atoms with Crippen molar-refractivity contribution in [2.75, 3.05) is 20.3 Å². The van der Waals surface area contributed by atoms with Crippen LogP contribution in [-0.2, 0) is 24.0 Å². The molecule has 36 heavy (non-hydrogen) atoms. The van der Waals surface area contributed by atoms with Gasteiger partial charge in [0.25, 0.3) is 0 Å². The molecule has 0 N–H and O–H groups in total. The summed E-state index contributed by atoms with van der Waals surface area (Å²) < 4.78 is 75.8. The standard InChI is InChI=1S/C29H25F5O2/c1-35-15-14-19-2-6-21(7-3-19)23-11-12-25-24(17-23)10-9-22(28(25)31)8-4-20-5-13-27(26(30)16-20)36-18-29(32,33)34/h2-3,5-7,9-13,16-17H,4,8,14-15,18H2,1H3. The van der Waals surface area contributed by atoms with Gasteiger partial charge in [-0.2, -0.15) is 13.2 Å². The number of aryl methyl sites for hydroxylation is 2. The predicted molar refractivity (Wildman–Crippen MR) is 130 cm³/mol. The molecule has 0 saturated carbocycles. The molecule has 4 aromatic carbocycles. The summed E-state index contributed by atoms with van der Waals surface area (Å²) in [6, 6.07) is 21.1. The number of hydrogen-bond acceptors (Lipinski definition) is 2. The monoisotopic (exact) mass is 500 g/mol. The van der Waals surface area contributed by atoms with Gasteiger partial charge in [-0.05, 0) is 70.7 Å². The minimum absolute atomic E-state index is 0.314. The number of methoxy groups -OCH3 is 1. The summed E-state index contributed by atoms with van der Waals surface area (Å²) in [7, 11) is 1.67. The highest BCUT2D eigenvalue weighted by Crippen LogP contribution is 2.29. The first-order chi connectivity index (χ1) is 17.2. The smallest absolute Gasteiger partial charge is 0.422 e. The van der Waals surface area contributed by atoms with E-state index in [1.165, 1.54) is 17.7 Å². The molecule has 0 saturated heterocycles. The highest BCUT2D eigenvalue weighted by atomic mass is 19.4. The van der Waals surface area contributed by atoms with E-state index in [-0.39, 0.29) is 5.82 Å². The Bertz CT molecular complexity index is 1330. The first-order valence-corrected chi connectivity index (χ1v) is 11.5. The lowest BCUT2D eigenvalue weighted by atomic mass is 9.96. The van der Waals surface area contributed by atoms with Crippen molar-refractivity contribution in [1.82, 2.24) is 0 Å². The van der Waals surface area contributed by atoms with Gasteiger partial charge in [0.2, 0.25) is 0 Å². The third kappa shape index (κ3) is 6.40. The summed E-state index contributed by atoms with van der Waals surface area (Å²) in [6.45, 7) is -0.902. The molecule has 4 aromatic rings. The Hall–Kier alpha value is -3.45. The zero-order valence-electron chi connectivity index (χ0n) is 19.7. The van der Waals surface area contributed by atoms with Gasteiger partial charge < -0.3 is 9.47 Å². The van der Waals surface area contributed by atoms with Crippen LogP contribution in [0.25, 0.3) is 21.9 Å². The quantitative estimate of drug-likeness (QED) is 0.219. The van der Waals surface area contributed by atoms with Gasteiger partial charge in [-0.15, -0.1) is 0 Å². The number of rotatable bonds is 9. The maximum atomic E-state index is 15.2. The third-order valence-corrected chi connectivity index (χ3v) is 5.99. The van der Waals surface area contributed by atoms with Crippen LogP contribution >= 0.6 is 0 Å². The zero-order chi connectivity index (χ0) is 25.7. The van der Waals surface area contributed by atoms with Gasteiger partial charge >= 0.3 is 6.18 Å². The van der Waals surface area contributed by atoms with Gasteiger partial charge in [0.05, 0.1) is 6.61 Å². The van der Waals surface area contributed by atoms with Crippen LogP contribution in [0.1, 0.15) is 16.7 Å². The largest absolute Gasteiger partial charge is 0.481 e. The number of halogens is 5. The SMILES string of the molecule is COCCc1ccc(-c2ccc3c(F)c(CCc4ccc(OCC(F)(F)F)c(F)c4)ccc3c2)cc1. The van der Waals surface area contributed by atoms with Crippen molar-refractivity contribution in [1.29, 1.82) is 0 Å². The van der Waals surface area contributed by atoms with Crippen molar-refractivity contribution < 1.29 is 31.4 Å². The average molecular weight is 501 g/mol. The average Bonchev–Trinajstić information content (AvgIpc) is 2.86. The lowest BCUT2D eigenvalue weighted by molar-refractivity contribution is -0.153. The molecule has 0 unspecified atom stereocenters. The van der Waals surface area contributed by atoms with Crippen LogP contribution in [0.5, 0.6) is 5.75 Å². The molecule has 7 heteroatoms. The minimum Gasteiger partial charge on any atom is -0.481 e. The summed E-state index contributed by atoms with van der Waals surface area (Å²) in [6.07, 6.45) is -3.07. The van der Waals surface area contributed by atoms with Crippen molar-refractivity contribution in [2.24, 2.45) is 0 Å². The van der Waals surface area contributed by atoms with E-state index in [2.05, 4.69) is 16.9 Å². The molecule has 0 spiro atoms. The van der Waals surface area contributed by atoms with Crippen molar-refractivity contribution in [2.45, 2.75) is 25.4 Å². The van der Waals surface area contributed by atoms with Crippen LogP contribution in [0, 0.1) is 11.6 Å². The highest BCUT2D eigenvalue weighted by molar-refractivity contribution is 5.88. The number of fused-ring (bicyclic) bond motifs is 1. The maximum absolute atomic E-state index is 15.2. The van der Waals surface area contributed by atoms with E-state index in [0.29, 0.717) is 36.0 Å². The van der Waals surface area contributed by atoms with Gasteiger partial charge in [-0.3, -0.25) is 0 Å². The molecule has 0 atom stereocenters. The van der Waals surface area contributed by atoms with Crippen molar-refractivity contribution in [3.8, 4) is 16.9 Å². The molecule has 0 radical (unpaired) electrons. The molecular formula is C29H25F5O2. The van der Waals surface area contributed by atoms with Crippen LogP contribution in [0.15, 0.2) is 72.8 Å². The minimum atomic E-state index is -4.55. The van der Waals surface area contributed by atoms with Crippen molar-refractivity contribution in [3.05, 3.63) is 101 Å². The molecule has 0 amide bonds. The summed E-state index contributed by atoms with van der Waals surface area (Å²) in [5, 5.41) is 1.27. The summed E-state index contributed by atoms with van der Waals surface area (Å²) in [5.41, 5.74) is 4.22. The fourth-order valence-corrected chi connectivity index (χ4v) is 4.05. The fourth-order valence-electron chi connectivity index (χ4n) is 4.05. The van der Waals surface area contributed by atoms with Crippen molar-refractivity contribution >= 4 is 10.8 Å². The van der Waals surface area contributed by atoms with Crippen LogP contribution in [0.4, 0.5) is 22.0 Å². The second-order valence-electron chi connectivity index (χ2n) is 8.58. The molecular weight excluding hydrogens is 475 g/mol. The molecule has 0 heterocycles. The Balaban J connectivity index is 1.45. The normalized spacial score (nSPS) is 11.7. The van der Waals surface area contributed by atoms with E-state index in [1.54, 1.807) is 19.2 Å². The molecule has 4 rings (SSSR count). The van der Waals surface area contributed by atoms with Crippen LogP contribution in [0.3, 0.4) is 0 Å². The Morgan fingerprint density at radius 1 is 0.722 bits per heavy atom. The molecule has 0 aliphatic carbocycles. The van der Waals surface area contributed by atoms with E-state index < -0.39 is 24.3 Å². The van der Waals surface area contributed by atoms with E-state index in [9.17, 15) is 17.6 Å². The molecule has 0 aliphatic heterocycles. The van der Waals surface area contributed by atoms with Crippen LogP contribution in [0.2, 0.25) is 0 Å². The second-order valence-corrected chi connectivity index (χ2v) is 8.58. The van der Waals surface area contributed by atoms with Gasteiger partial charge in [0.1, 0.15) is 5.82 Å². The summed E-state index contributed by atoms with van der Waals surface area (Å²) in [4.78, 5) is 0. The fraction of sp³-hybridized carbons (Fsp3) is 0.241. The number of benzene rings is 4. The number of alkyl halides is 3. The van der Waals surface area contributed by atoms with E-state index in [1.807, 2.05) is 30.3 Å². The van der Waals surface area contributed by atoms with E-state index in [0.717, 1.165) is 29.0 Å². The van der Waals surface area contributed by atoms with Gasteiger partial charge in [0.15, 0.2) is 18.2 Å². The van der Waals surface area contributed by atoms with Crippen LogP contribution in [-0.4, -0.2) is 26.5 Å². The van der Waals surface area contributed by atoms with E-state index >= 15 is 4.39 Å². The van der Waals surface area contributed by atoms with Gasteiger partial charge in [-0.25, -0.2) is 8.78 Å². The lowest BCUT2D eigenvalue weighted by Gasteiger charge is -2.11. The highest BCUT2D eigenvalue weighted by Gasteiger charge is 2.29. The van der Waals surface area contributed by atoms with Gasteiger partial charge in [0, 0.05) is 12.5 Å². The first-order valence-electron chi connectivity index (χ1n) is 11.5. The zero-order valence-corrected chi connectivity index (χ0v) is 19.7. The van der Waals surface area contributed by atoms with E-state index in [4.69, 9.17) is 4.74 Å². The summed E-state index contributed by atoms with van der Waals surface area (Å²) in [5.74, 6) is -1.68. The Morgan fingerprint density at radius 2 is 1.44 bits per heavy atom. The number of hydrogen-bond donors (Lipinski definition) is 0. The van der Waals surface area contributed by atoms with Crippen molar-refractivity contribution in [3.63, 3.8) is 0 Å². The lowest BCUT2D eigenvalue weighted by Crippen LogP contribution is -2.19. The maximum Gasteiger partial charge on any atom is 0.422 e. The topological polar surface area (TPSA) is 18.5 Å². The Kier molecular flexibility index (Phi) is 7.89. The first kappa shape index (κ1) is 25.6. The molecule has 2 nitrogen and oxygen atoms in total. The molecule has 0 aliphatic rings. The molecule has 0 fully saturated rings. The Morgan fingerprint density at radius 3 is 2.14 bits per heavy atom. The molecule has 0 bridgehead atoms. The third-order valence-electron chi connectivity index (χ3n) is 5.99. The second kappa shape index (κ2) is 11.1. The van der Waals surface area contributed by atoms with Gasteiger partial charge in [-0.1, -0.05) is 54.6 Å².